The average Bonchev–Trinajstić information content (AvgIpc) is 2.52. The first-order chi connectivity index (χ1) is 10.2. The van der Waals surface area contributed by atoms with Crippen molar-refractivity contribution in [2.24, 2.45) is 0 Å². The van der Waals surface area contributed by atoms with Gasteiger partial charge in [-0.1, -0.05) is 24.3 Å². The first-order valence-corrected chi connectivity index (χ1v) is 7.01. The number of halogens is 1. The molecule has 0 atom stereocenters. The molecule has 3 rings (SSSR count). The quantitative estimate of drug-likeness (QED) is 0.867. The number of fused-ring (bicyclic) bond motifs is 1. The van der Waals surface area contributed by atoms with Gasteiger partial charge in [0.15, 0.2) is 0 Å². The highest BCUT2D eigenvalue weighted by molar-refractivity contribution is 5.95. The highest BCUT2D eigenvalue weighted by Crippen LogP contribution is 2.31. The lowest BCUT2D eigenvalue weighted by atomic mass is 10.1. The second-order valence-corrected chi connectivity index (χ2v) is 4.99. The molecule has 0 aromatic heterocycles. The van der Waals surface area contributed by atoms with Gasteiger partial charge in [0.05, 0.1) is 12.2 Å². The lowest BCUT2D eigenvalue weighted by Gasteiger charge is -2.29. The maximum absolute atomic E-state index is 13.1. The van der Waals surface area contributed by atoms with Gasteiger partial charge in [0.1, 0.15) is 18.2 Å². The molecule has 1 amide bonds. The predicted octanol–water partition coefficient (Wildman–Crippen LogP) is 3.18. The molecule has 2 aromatic rings. The second-order valence-electron chi connectivity index (χ2n) is 4.99. The van der Waals surface area contributed by atoms with Gasteiger partial charge in [0.25, 0.3) is 0 Å². The smallest absolute Gasteiger partial charge is 0.227 e. The zero-order valence-corrected chi connectivity index (χ0v) is 11.6. The number of carbonyl (C=O) groups is 1. The monoisotopic (exact) mass is 285 g/mol. The summed E-state index contributed by atoms with van der Waals surface area (Å²) in [5.41, 5.74) is 1.65. The molecule has 4 heteroatoms. The molecule has 0 radical (unpaired) electrons. The van der Waals surface area contributed by atoms with Crippen molar-refractivity contribution >= 4 is 11.6 Å². The topological polar surface area (TPSA) is 29.5 Å². The van der Waals surface area contributed by atoms with Gasteiger partial charge in [-0.3, -0.25) is 4.79 Å². The minimum Gasteiger partial charge on any atom is -0.490 e. The maximum Gasteiger partial charge on any atom is 0.227 e. The van der Waals surface area contributed by atoms with E-state index in [0.717, 1.165) is 17.0 Å². The van der Waals surface area contributed by atoms with E-state index in [2.05, 4.69) is 0 Å². The molecule has 0 fully saturated rings. The molecule has 0 unspecified atom stereocenters. The third kappa shape index (κ3) is 3.05. The van der Waals surface area contributed by atoms with E-state index in [1.54, 1.807) is 11.0 Å². The lowest BCUT2D eigenvalue weighted by molar-refractivity contribution is -0.118. The summed E-state index contributed by atoms with van der Waals surface area (Å²) in [7, 11) is 0. The van der Waals surface area contributed by atoms with E-state index < -0.39 is 0 Å². The summed E-state index contributed by atoms with van der Waals surface area (Å²) in [4.78, 5) is 14.1. The summed E-state index contributed by atoms with van der Waals surface area (Å²) in [5.74, 6) is 0.509. The van der Waals surface area contributed by atoms with Crippen molar-refractivity contribution in [2.45, 2.75) is 12.8 Å². The highest BCUT2D eigenvalue weighted by Gasteiger charge is 2.22. The Morgan fingerprint density at radius 1 is 1.19 bits per heavy atom. The van der Waals surface area contributed by atoms with E-state index in [1.165, 1.54) is 12.1 Å². The van der Waals surface area contributed by atoms with Crippen LogP contribution in [0.4, 0.5) is 10.1 Å². The van der Waals surface area contributed by atoms with Crippen molar-refractivity contribution in [3.63, 3.8) is 0 Å². The van der Waals surface area contributed by atoms with Crippen molar-refractivity contribution in [2.75, 3.05) is 18.1 Å². The number of hydrogen-bond donors (Lipinski definition) is 0. The number of hydrogen-bond acceptors (Lipinski definition) is 2. The van der Waals surface area contributed by atoms with E-state index >= 15 is 0 Å². The maximum atomic E-state index is 13.1. The number of amides is 1. The number of aryl methyl sites for hydroxylation is 1. The van der Waals surface area contributed by atoms with Gasteiger partial charge in [-0.25, -0.2) is 4.39 Å². The lowest BCUT2D eigenvalue weighted by Crippen LogP contribution is -2.38. The summed E-state index contributed by atoms with van der Waals surface area (Å²) < 4.78 is 18.7. The summed E-state index contributed by atoms with van der Waals surface area (Å²) in [5, 5.41) is 0. The van der Waals surface area contributed by atoms with E-state index in [1.807, 2.05) is 30.3 Å². The van der Waals surface area contributed by atoms with Gasteiger partial charge in [-0.15, -0.1) is 0 Å². The minimum absolute atomic E-state index is 0.0370. The second kappa shape index (κ2) is 5.95. The summed E-state index contributed by atoms with van der Waals surface area (Å²) in [6.45, 7) is 1.06. The molecule has 0 saturated carbocycles. The fourth-order valence-electron chi connectivity index (χ4n) is 2.51. The largest absolute Gasteiger partial charge is 0.490 e. The molecule has 1 heterocycles. The molecule has 2 aromatic carbocycles. The van der Waals surface area contributed by atoms with Crippen LogP contribution in [0.1, 0.15) is 12.0 Å². The standard InChI is InChI=1S/C17H16FNO2/c18-14-5-3-4-13(12-14)8-9-17(20)19-10-11-21-16-7-2-1-6-15(16)19/h1-7,12H,8-11H2. The molecule has 1 aliphatic heterocycles. The van der Waals surface area contributed by atoms with Gasteiger partial charge < -0.3 is 9.64 Å². The SMILES string of the molecule is O=C(CCc1cccc(F)c1)N1CCOc2ccccc21. The van der Waals surface area contributed by atoms with Crippen LogP contribution in [0.15, 0.2) is 48.5 Å². The predicted molar refractivity (Wildman–Crippen MR) is 79.0 cm³/mol. The fourth-order valence-corrected chi connectivity index (χ4v) is 2.51. The van der Waals surface area contributed by atoms with Crippen LogP contribution in [0.5, 0.6) is 5.75 Å². The average molecular weight is 285 g/mol. The van der Waals surface area contributed by atoms with Crippen LogP contribution in [-0.2, 0) is 11.2 Å². The molecule has 0 spiro atoms. The fraction of sp³-hybridized carbons (Fsp3) is 0.235. The molecule has 0 bridgehead atoms. The number of benzene rings is 2. The molecule has 3 nitrogen and oxygen atoms in total. The normalized spacial score (nSPS) is 13.5. The third-order valence-corrected chi connectivity index (χ3v) is 3.55. The molecule has 0 N–H and O–H groups in total. The highest BCUT2D eigenvalue weighted by atomic mass is 19.1. The number of nitrogens with zero attached hydrogens (tertiary/aromatic N) is 1. The van der Waals surface area contributed by atoms with Crippen molar-refractivity contribution in [1.29, 1.82) is 0 Å². The Hall–Kier alpha value is -2.36. The van der Waals surface area contributed by atoms with Crippen LogP contribution in [0.3, 0.4) is 0 Å². The van der Waals surface area contributed by atoms with Gasteiger partial charge in [-0.05, 0) is 36.2 Å². The molecular weight excluding hydrogens is 269 g/mol. The summed E-state index contributed by atoms with van der Waals surface area (Å²) >= 11 is 0. The van der Waals surface area contributed by atoms with Crippen molar-refractivity contribution in [1.82, 2.24) is 0 Å². The van der Waals surface area contributed by atoms with Crippen LogP contribution in [0.2, 0.25) is 0 Å². The van der Waals surface area contributed by atoms with Gasteiger partial charge in [0.2, 0.25) is 5.91 Å². The first kappa shape index (κ1) is 13.6. The summed E-state index contributed by atoms with van der Waals surface area (Å²) in [6, 6.07) is 13.9. The van der Waals surface area contributed by atoms with Gasteiger partial charge in [-0.2, -0.15) is 0 Å². The van der Waals surface area contributed by atoms with Gasteiger partial charge in [0, 0.05) is 6.42 Å². The van der Waals surface area contributed by atoms with Crippen molar-refractivity contribution in [3.8, 4) is 5.75 Å². The Morgan fingerprint density at radius 3 is 2.90 bits per heavy atom. The van der Waals surface area contributed by atoms with Gasteiger partial charge >= 0.3 is 0 Å². The Kier molecular flexibility index (Phi) is 3.86. The Morgan fingerprint density at radius 2 is 2.05 bits per heavy atom. The first-order valence-electron chi connectivity index (χ1n) is 7.01. The molecular formula is C17H16FNO2. The number of anilines is 1. The number of rotatable bonds is 3. The minimum atomic E-state index is -0.267. The zero-order chi connectivity index (χ0) is 14.7. The Bertz CT molecular complexity index is 657. The molecule has 21 heavy (non-hydrogen) atoms. The van der Waals surface area contributed by atoms with Crippen LogP contribution < -0.4 is 9.64 Å². The van der Waals surface area contributed by atoms with Crippen molar-refractivity contribution < 1.29 is 13.9 Å². The van der Waals surface area contributed by atoms with Crippen LogP contribution in [-0.4, -0.2) is 19.1 Å². The zero-order valence-electron chi connectivity index (χ0n) is 11.6. The molecule has 0 saturated heterocycles. The van der Waals surface area contributed by atoms with E-state index in [4.69, 9.17) is 4.74 Å². The van der Waals surface area contributed by atoms with Crippen LogP contribution in [0.25, 0.3) is 0 Å². The van der Waals surface area contributed by atoms with Crippen LogP contribution in [0, 0.1) is 5.82 Å². The Labute approximate surface area is 123 Å². The molecule has 1 aliphatic rings. The summed E-state index contributed by atoms with van der Waals surface area (Å²) in [6.07, 6.45) is 0.897. The van der Waals surface area contributed by atoms with Crippen LogP contribution >= 0.6 is 0 Å². The number of para-hydroxylation sites is 2. The molecule has 108 valence electrons. The number of carbonyl (C=O) groups excluding carboxylic acids is 1. The number of ether oxygens (including phenoxy) is 1. The van der Waals surface area contributed by atoms with Crippen molar-refractivity contribution in [3.05, 3.63) is 59.9 Å². The van der Waals surface area contributed by atoms with E-state index in [-0.39, 0.29) is 11.7 Å². The van der Waals surface area contributed by atoms with E-state index in [0.29, 0.717) is 26.0 Å². The third-order valence-electron chi connectivity index (χ3n) is 3.55. The Balaban J connectivity index is 1.69. The van der Waals surface area contributed by atoms with E-state index in [9.17, 15) is 9.18 Å². The molecule has 0 aliphatic carbocycles.